The van der Waals surface area contributed by atoms with Gasteiger partial charge in [-0.25, -0.2) is 4.79 Å². The van der Waals surface area contributed by atoms with Crippen molar-refractivity contribution >= 4 is 17.6 Å². The Labute approximate surface area is 249 Å². The second kappa shape index (κ2) is 11.8. The van der Waals surface area contributed by atoms with Gasteiger partial charge in [-0.05, 0) is 60.8 Å². The highest BCUT2D eigenvalue weighted by Crippen LogP contribution is 2.51. The third-order valence-electron chi connectivity index (χ3n) is 10.4. The molecule has 2 saturated heterocycles. The van der Waals surface area contributed by atoms with Gasteiger partial charge in [0.15, 0.2) is 0 Å². The fourth-order valence-electron chi connectivity index (χ4n) is 8.17. The van der Waals surface area contributed by atoms with Crippen molar-refractivity contribution in [1.29, 1.82) is 0 Å². The largest absolute Gasteiger partial charge is 0.378 e. The Hall–Kier alpha value is -3.80. The summed E-state index contributed by atoms with van der Waals surface area (Å²) in [5, 5.41) is 7.16. The summed E-state index contributed by atoms with van der Waals surface area (Å²) in [5.74, 6) is 0.878. The average Bonchev–Trinajstić information content (AvgIpc) is 3.51. The number of nitrogens with zero attached hydrogens (tertiary/aromatic N) is 2. The summed E-state index contributed by atoms with van der Waals surface area (Å²) in [6.07, 6.45) is 6.74. The zero-order chi connectivity index (χ0) is 28.5. The summed E-state index contributed by atoms with van der Waals surface area (Å²) in [4.78, 5) is 32.0. The second-order valence-electron chi connectivity index (χ2n) is 12.7. The highest BCUT2D eigenvalue weighted by molar-refractivity contribution is 5.83. The molecule has 6 heteroatoms. The number of fused-ring (bicyclic) bond motifs is 3. The van der Waals surface area contributed by atoms with E-state index in [9.17, 15) is 9.59 Å². The first-order valence-electron chi connectivity index (χ1n) is 16.0. The van der Waals surface area contributed by atoms with E-state index in [1.54, 1.807) is 0 Å². The van der Waals surface area contributed by atoms with Crippen LogP contribution in [0.4, 0.5) is 10.5 Å². The van der Waals surface area contributed by atoms with E-state index in [2.05, 4.69) is 100 Å². The molecule has 3 aliphatic heterocycles. The molecule has 0 bridgehead atoms. The van der Waals surface area contributed by atoms with Crippen LogP contribution in [0.15, 0.2) is 84.9 Å². The number of piperidine rings is 1. The maximum atomic E-state index is 14.4. The summed E-state index contributed by atoms with van der Waals surface area (Å²) in [6.45, 7) is 2.28. The van der Waals surface area contributed by atoms with Crippen molar-refractivity contribution < 1.29 is 9.59 Å². The van der Waals surface area contributed by atoms with Gasteiger partial charge in [0.2, 0.25) is 5.91 Å². The molecule has 1 saturated carbocycles. The van der Waals surface area contributed by atoms with E-state index in [1.807, 2.05) is 4.90 Å². The van der Waals surface area contributed by atoms with Gasteiger partial charge in [-0.1, -0.05) is 91.7 Å². The van der Waals surface area contributed by atoms with Crippen molar-refractivity contribution in [3.8, 4) is 0 Å². The molecule has 0 spiro atoms. The van der Waals surface area contributed by atoms with Crippen LogP contribution < -0.4 is 10.6 Å². The van der Waals surface area contributed by atoms with Crippen LogP contribution in [-0.2, 0) is 4.79 Å². The molecular formula is C36H42N4O2. The van der Waals surface area contributed by atoms with Crippen LogP contribution >= 0.6 is 0 Å². The van der Waals surface area contributed by atoms with Crippen molar-refractivity contribution in [2.24, 2.45) is 11.8 Å². The van der Waals surface area contributed by atoms with Crippen molar-refractivity contribution in [2.75, 3.05) is 25.0 Å². The van der Waals surface area contributed by atoms with Crippen molar-refractivity contribution in [3.63, 3.8) is 0 Å². The number of nitrogens with one attached hydrogen (secondary N) is 2. The first kappa shape index (κ1) is 27.1. The van der Waals surface area contributed by atoms with E-state index < -0.39 is 0 Å². The lowest BCUT2D eigenvalue weighted by Crippen LogP contribution is -2.54. The van der Waals surface area contributed by atoms with Crippen molar-refractivity contribution in [2.45, 2.75) is 69.0 Å². The van der Waals surface area contributed by atoms with Crippen LogP contribution in [0.5, 0.6) is 0 Å². The number of urea groups is 1. The minimum atomic E-state index is -0.166. The number of amides is 3. The van der Waals surface area contributed by atoms with E-state index in [1.165, 1.54) is 16.7 Å². The summed E-state index contributed by atoms with van der Waals surface area (Å²) < 4.78 is 0. The van der Waals surface area contributed by atoms with Gasteiger partial charge in [-0.3, -0.25) is 4.79 Å². The van der Waals surface area contributed by atoms with Crippen molar-refractivity contribution in [1.82, 2.24) is 15.1 Å². The Morgan fingerprint density at radius 1 is 0.714 bits per heavy atom. The van der Waals surface area contributed by atoms with Crippen LogP contribution in [-0.4, -0.2) is 47.4 Å². The molecule has 1 aliphatic carbocycles. The van der Waals surface area contributed by atoms with Crippen LogP contribution in [0.3, 0.4) is 0 Å². The van der Waals surface area contributed by atoms with Gasteiger partial charge < -0.3 is 20.4 Å². The molecule has 3 heterocycles. The van der Waals surface area contributed by atoms with E-state index in [-0.39, 0.29) is 36.0 Å². The summed E-state index contributed by atoms with van der Waals surface area (Å²) >= 11 is 0. The molecule has 3 aromatic rings. The van der Waals surface area contributed by atoms with E-state index in [0.717, 1.165) is 70.3 Å². The fourth-order valence-corrected chi connectivity index (χ4v) is 8.17. The number of benzene rings is 3. The number of hydrogen-bond acceptors (Lipinski definition) is 3. The molecule has 0 radical (unpaired) electrons. The minimum Gasteiger partial charge on any atom is -0.378 e. The van der Waals surface area contributed by atoms with E-state index >= 15 is 0 Å². The number of hydrogen-bond donors (Lipinski definition) is 2. The molecular weight excluding hydrogens is 520 g/mol. The molecule has 3 fully saturated rings. The standard InChI is InChI=1S/C36H42N4O2/c41-35(40-24-21-30-33(27-13-5-2-6-14-27)37-31-17-9-7-15-28(31)34(30)40)29-16-8-10-18-32(29)38-36(42)39-22-19-26(20-23-39)25-11-3-1-4-12-25/h1-7,9,11-15,17,26,29-30,32-34,37H,8,10,16,18-24H2,(H,38,42)/t29-,30+,32+,33-,34-/m0/s1. The number of para-hydroxylation sites is 1. The number of carbonyl (C=O) groups is 2. The molecule has 0 unspecified atom stereocenters. The van der Waals surface area contributed by atoms with Gasteiger partial charge >= 0.3 is 6.03 Å². The number of rotatable bonds is 4. The molecule has 5 atom stereocenters. The Bertz CT molecular complexity index is 1390. The summed E-state index contributed by atoms with van der Waals surface area (Å²) in [7, 11) is 0. The summed E-state index contributed by atoms with van der Waals surface area (Å²) in [6, 6.07) is 29.9. The maximum absolute atomic E-state index is 14.4. The topological polar surface area (TPSA) is 64.7 Å². The molecule has 4 aliphatic rings. The van der Waals surface area contributed by atoms with Gasteiger partial charge in [0.1, 0.15) is 0 Å². The predicted molar refractivity (Wildman–Crippen MR) is 166 cm³/mol. The maximum Gasteiger partial charge on any atom is 0.317 e. The third-order valence-corrected chi connectivity index (χ3v) is 10.4. The van der Waals surface area contributed by atoms with Crippen LogP contribution in [0, 0.1) is 11.8 Å². The normalized spacial score (nSPS) is 27.5. The number of likely N-dealkylation sites (tertiary alicyclic amines) is 2. The van der Waals surface area contributed by atoms with Gasteiger partial charge in [-0.2, -0.15) is 0 Å². The van der Waals surface area contributed by atoms with Crippen molar-refractivity contribution in [3.05, 3.63) is 102 Å². The molecule has 3 aromatic carbocycles. The highest BCUT2D eigenvalue weighted by Gasteiger charge is 2.48. The molecule has 0 aromatic heterocycles. The van der Waals surface area contributed by atoms with E-state index in [4.69, 9.17) is 0 Å². The van der Waals surface area contributed by atoms with Gasteiger partial charge in [0, 0.05) is 37.3 Å². The second-order valence-corrected chi connectivity index (χ2v) is 12.7. The predicted octanol–water partition coefficient (Wildman–Crippen LogP) is 6.89. The Morgan fingerprint density at radius 2 is 1.38 bits per heavy atom. The summed E-state index contributed by atoms with van der Waals surface area (Å²) in [5.41, 5.74) is 4.99. The quantitative estimate of drug-likeness (QED) is 0.364. The SMILES string of the molecule is O=C(N[C@@H]1CCCC[C@@H]1C(=O)N1CC[C@@H]2[C@H](c3ccccc3)Nc3ccccc3[C@@H]21)N1CCC(c2ccccc2)CC1. The Kier molecular flexibility index (Phi) is 7.62. The minimum absolute atomic E-state index is 0.00173. The first-order chi connectivity index (χ1) is 20.7. The first-order valence-corrected chi connectivity index (χ1v) is 16.0. The van der Waals surface area contributed by atoms with Crippen LogP contribution in [0.2, 0.25) is 0 Å². The Balaban J connectivity index is 1.06. The lowest BCUT2D eigenvalue weighted by molar-refractivity contribution is -0.138. The molecule has 218 valence electrons. The van der Waals surface area contributed by atoms with Gasteiger partial charge in [0.05, 0.1) is 18.0 Å². The molecule has 2 N–H and O–H groups in total. The molecule has 6 nitrogen and oxygen atoms in total. The van der Waals surface area contributed by atoms with Gasteiger partial charge in [0.25, 0.3) is 0 Å². The lowest BCUT2D eigenvalue weighted by atomic mass is 9.79. The van der Waals surface area contributed by atoms with E-state index in [0.29, 0.717) is 11.8 Å². The van der Waals surface area contributed by atoms with Gasteiger partial charge in [-0.15, -0.1) is 0 Å². The monoisotopic (exact) mass is 562 g/mol. The smallest absolute Gasteiger partial charge is 0.317 e. The zero-order valence-corrected chi connectivity index (χ0v) is 24.3. The zero-order valence-electron chi connectivity index (χ0n) is 24.3. The fraction of sp³-hybridized carbons (Fsp3) is 0.444. The lowest BCUT2D eigenvalue weighted by Gasteiger charge is -2.42. The molecule has 7 rings (SSSR count). The number of anilines is 1. The Morgan fingerprint density at radius 3 is 2.14 bits per heavy atom. The third kappa shape index (κ3) is 5.16. The molecule has 42 heavy (non-hydrogen) atoms. The number of carbonyl (C=O) groups excluding carboxylic acids is 2. The highest BCUT2D eigenvalue weighted by atomic mass is 16.2. The van der Waals surface area contributed by atoms with Crippen LogP contribution in [0.1, 0.15) is 79.6 Å². The van der Waals surface area contributed by atoms with Crippen LogP contribution in [0.25, 0.3) is 0 Å². The average molecular weight is 563 g/mol. The molecule has 3 amide bonds.